The Bertz CT molecular complexity index is 560. The molecule has 1 N–H and O–H groups in total. The van der Waals surface area contributed by atoms with Crippen molar-refractivity contribution in [2.45, 2.75) is 20.4 Å². The normalized spacial score (nSPS) is 10.4. The van der Waals surface area contributed by atoms with Gasteiger partial charge in [0.05, 0.1) is 11.3 Å². The van der Waals surface area contributed by atoms with Crippen LogP contribution in [0.3, 0.4) is 0 Å². The molecule has 0 fully saturated rings. The van der Waals surface area contributed by atoms with Crippen LogP contribution in [0, 0.1) is 13.8 Å². The van der Waals surface area contributed by atoms with E-state index in [1.165, 1.54) is 0 Å². The number of rotatable bonds is 3. The third-order valence-electron chi connectivity index (χ3n) is 2.91. The van der Waals surface area contributed by atoms with Gasteiger partial charge in [-0.15, -0.1) is 0 Å². The highest BCUT2D eigenvalue weighted by atomic mass is 16.1. The van der Waals surface area contributed by atoms with Crippen molar-refractivity contribution in [2.75, 3.05) is 0 Å². The Hall–Kier alpha value is -2.17. The molecule has 0 bridgehead atoms. The summed E-state index contributed by atoms with van der Waals surface area (Å²) in [4.78, 5) is 16.1. The summed E-state index contributed by atoms with van der Waals surface area (Å²) in [6.07, 6.45) is 3.45. The molecule has 0 saturated carbocycles. The van der Waals surface area contributed by atoms with Crippen LogP contribution in [-0.4, -0.2) is 20.7 Å². The molecule has 2 aromatic heterocycles. The average molecular weight is 244 g/mol. The number of hydrogen-bond donors (Lipinski definition) is 1. The van der Waals surface area contributed by atoms with Crippen LogP contribution in [0.4, 0.5) is 0 Å². The van der Waals surface area contributed by atoms with E-state index in [2.05, 4.69) is 15.4 Å². The van der Waals surface area contributed by atoms with Crippen molar-refractivity contribution >= 4 is 5.91 Å². The van der Waals surface area contributed by atoms with E-state index in [-0.39, 0.29) is 5.91 Å². The van der Waals surface area contributed by atoms with Crippen LogP contribution in [-0.2, 0) is 13.6 Å². The van der Waals surface area contributed by atoms with Gasteiger partial charge < -0.3 is 5.32 Å². The second-order valence-corrected chi connectivity index (χ2v) is 4.21. The fraction of sp³-hybridized carbons (Fsp3) is 0.308. The van der Waals surface area contributed by atoms with Gasteiger partial charge in [-0.1, -0.05) is 6.07 Å². The minimum Gasteiger partial charge on any atom is -0.348 e. The molecule has 2 rings (SSSR count). The van der Waals surface area contributed by atoms with Crippen LogP contribution in [0.1, 0.15) is 27.3 Å². The van der Waals surface area contributed by atoms with Gasteiger partial charge in [0.2, 0.25) is 0 Å². The Morgan fingerprint density at radius 2 is 2.22 bits per heavy atom. The van der Waals surface area contributed by atoms with Crippen LogP contribution >= 0.6 is 0 Å². The zero-order valence-electron chi connectivity index (χ0n) is 10.8. The van der Waals surface area contributed by atoms with Crippen LogP contribution in [0.25, 0.3) is 0 Å². The Morgan fingerprint density at radius 1 is 1.44 bits per heavy atom. The molecular weight excluding hydrogens is 228 g/mol. The van der Waals surface area contributed by atoms with Gasteiger partial charge >= 0.3 is 0 Å². The molecule has 5 heteroatoms. The highest BCUT2D eigenvalue weighted by molar-refractivity contribution is 5.96. The predicted octanol–water partition coefficient (Wildman–Crippen LogP) is 1.36. The maximum absolute atomic E-state index is 12.1. The summed E-state index contributed by atoms with van der Waals surface area (Å²) in [6.45, 7) is 4.20. The van der Waals surface area contributed by atoms with Crippen molar-refractivity contribution in [3.63, 3.8) is 0 Å². The lowest BCUT2D eigenvalue weighted by molar-refractivity contribution is 0.0949. The van der Waals surface area contributed by atoms with Crippen molar-refractivity contribution in [3.8, 4) is 0 Å². The standard InChI is InChI=1S/C13H16N4O/c1-9-12(10(2)17(3)16-9)13(18)15-8-11-5-4-6-14-7-11/h4-7H,8H2,1-3H3,(H,15,18). The largest absolute Gasteiger partial charge is 0.348 e. The second kappa shape index (κ2) is 5.00. The first kappa shape index (κ1) is 12.3. The van der Waals surface area contributed by atoms with E-state index in [1.807, 2.05) is 33.0 Å². The molecule has 0 saturated heterocycles. The predicted molar refractivity (Wildman–Crippen MR) is 68.1 cm³/mol. The van der Waals surface area contributed by atoms with E-state index in [0.29, 0.717) is 12.1 Å². The molecule has 2 aromatic rings. The molecule has 0 spiro atoms. The third-order valence-corrected chi connectivity index (χ3v) is 2.91. The average Bonchev–Trinajstić information content (AvgIpc) is 2.62. The maximum atomic E-state index is 12.1. The van der Waals surface area contributed by atoms with Gasteiger partial charge in [0, 0.05) is 31.7 Å². The smallest absolute Gasteiger partial charge is 0.255 e. The summed E-state index contributed by atoms with van der Waals surface area (Å²) in [5.41, 5.74) is 3.25. The molecule has 0 radical (unpaired) electrons. The summed E-state index contributed by atoms with van der Waals surface area (Å²) < 4.78 is 1.72. The monoisotopic (exact) mass is 244 g/mol. The highest BCUT2D eigenvalue weighted by Crippen LogP contribution is 2.11. The molecule has 0 aliphatic rings. The van der Waals surface area contributed by atoms with E-state index in [0.717, 1.165) is 17.0 Å². The van der Waals surface area contributed by atoms with Crippen molar-refractivity contribution in [3.05, 3.63) is 47.0 Å². The van der Waals surface area contributed by atoms with E-state index < -0.39 is 0 Å². The van der Waals surface area contributed by atoms with Gasteiger partial charge in [0.15, 0.2) is 0 Å². The van der Waals surface area contributed by atoms with Crippen molar-refractivity contribution < 1.29 is 4.79 Å². The highest BCUT2D eigenvalue weighted by Gasteiger charge is 2.16. The number of hydrogen-bond acceptors (Lipinski definition) is 3. The Balaban J connectivity index is 2.09. The van der Waals surface area contributed by atoms with E-state index in [9.17, 15) is 4.79 Å². The first-order valence-electron chi connectivity index (χ1n) is 5.77. The Kier molecular flexibility index (Phi) is 3.41. The molecule has 0 aliphatic heterocycles. The first-order valence-corrected chi connectivity index (χ1v) is 5.77. The molecule has 18 heavy (non-hydrogen) atoms. The van der Waals surface area contributed by atoms with Crippen molar-refractivity contribution in [1.29, 1.82) is 0 Å². The summed E-state index contributed by atoms with van der Waals surface area (Å²) >= 11 is 0. The number of pyridine rings is 1. The molecule has 5 nitrogen and oxygen atoms in total. The molecular formula is C13H16N4O. The number of nitrogens with one attached hydrogen (secondary N) is 1. The fourth-order valence-electron chi connectivity index (χ4n) is 1.88. The number of nitrogens with zero attached hydrogens (tertiary/aromatic N) is 3. The third kappa shape index (κ3) is 2.40. The lowest BCUT2D eigenvalue weighted by atomic mass is 10.2. The molecule has 94 valence electrons. The van der Waals surface area contributed by atoms with Gasteiger partial charge in [-0.05, 0) is 25.5 Å². The number of carbonyl (C=O) groups is 1. The van der Waals surface area contributed by atoms with E-state index in [1.54, 1.807) is 17.1 Å². The zero-order valence-corrected chi connectivity index (χ0v) is 10.8. The molecule has 0 aromatic carbocycles. The minimum atomic E-state index is -0.0954. The molecule has 0 aliphatic carbocycles. The van der Waals surface area contributed by atoms with Crippen molar-refractivity contribution in [2.24, 2.45) is 7.05 Å². The Morgan fingerprint density at radius 3 is 2.78 bits per heavy atom. The maximum Gasteiger partial charge on any atom is 0.255 e. The molecule has 1 amide bonds. The number of aromatic nitrogens is 3. The molecule has 0 atom stereocenters. The summed E-state index contributed by atoms with van der Waals surface area (Å²) in [5, 5.41) is 7.11. The lowest BCUT2D eigenvalue weighted by Crippen LogP contribution is -2.24. The van der Waals surface area contributed by atoms with Gasteiger partial charge in [0.1, 0.15) is 0 Å². The summed E-state index contributed by atoms with van der Waals surface area (Å²) in [5.74, 6) is -0.0954. The van der Waals surface area contributed by atoms with Gasteiger partial charge in [0.25, 0.3) is 5.91 Å². The van der Waals surface area contributed by atoms with E-state index in [4.69, 9.17) is 0 Å². The first-order chi connectivity index (χ1) is 8.59. The topological polar surface area (TPSA) is 59.8 Å². The number of amides is 1. The van der Waals surface area contributed by atoms with Gasteiger partial charge in [-0.25, -0.2) is 0 Å². The zero-order chi connectivity index (χ0) is 13.1. The van der Waals surface area contributed by atoms with Gasteiger partial charge in [-0.3, -0.25) is 14.5 Å². The van der Waals surface area contributed by atoms with Crippen LogP contribution in [0.5, 0.6) is 0 Å². The number of carbonyl (C=O) groups excluding carboxylic acids is 1. The lowest BCUT2D eigenvalue weighted by Gasteiger charge is -2.05. The molecule has 0 unspecified atom stereocenters. The summed E-state index contributed by atoms with van der Waals surface area (Å²) in [7, 11) is 1.83. The Labute approximate surface area is 106 Å². The van der Waals surface area contributed by atoms with Crippen molar-refractivity contribution in [1.82, 2.24) is 20.1 Å². The second-order valence-electron chi connectivity index (χ2n) is 4.21. The molecule has 2 heterocycles. The fourth-order valence-corrected chi connectivity index (χ4v) is 1.88. The van der Waals surface area contributed by atoms with Crippen LogP contribution in [0.2, 0.25) is 0 Å². The summed E-state index contributed by atoms with van der Waals surface area (Å²) in [6, 6.07) is 3.78. The number of aryl methyl sites for hydroxylation is 2. The SMILES string of the molecule is Cc1nn(C)c(C)c1C(=O)NCc1cccnc1. The quantitative estimate of drug-likeness (QED) is 0.887. The van der Waals surface area contributed by atoms with Crippen LogP contribution in [0.15, 0.2) is 24.5 Å². The minimum absolute atomic E-state index is 0.0954. The van der Waals surface area contributed by atoms with Gasteiger partial charge in [-0.2, -0.15) is 5.10 Å². The van der Waals surface area contributed by atoms with E-state index >= 15 is 0 Å². The van der Waals surface area contributed by atoms with Crippen LogP contribution < -0.4 is 5.32 Å².